The number of nitrogens with one attached hydrogen (secondary N) is 1. The van der Waals surface area contributed by atoms with Gasteiger partial charge in [0.25, 0.3) is 0 Å². The summed E-state index contributed by atoms with van der Waals surface area (Å²) >= 11 is 0. The molecule has 1 aliphatic heterocycles. The highest BCUT2D eigenvalue weighted by Gasteiger charge is 2.15. The summed E-state index contributed by atoms with van der Waals surface area (Å²) in [6.45, 7) is 0.410. The Balaban J connectivity index is 1.46. The number of hydrogen-bond acceptors (Lipinski definition) is 3. The first kappa shape index (κ1) is 18.4. The van der Waals surface area contributed by atoms with E-state index in [1.54, 1.807) is 0 Å². The zero-order valence-corrected chi connectivity index (χ0v) is 16.2. The van der Waals surface area contributed by atoms with Crippen molar-refractivity contribution in [1.82, 2.24) is 0 Å². The molecule has 28 heavy (non-hydrogen) atoms. The smallest absolute Gasteiger partial charge is 0.224 e. The van der Waals surface area contributed by atoms with E-state index in [-0.39, 0.29) is 5.91 Å². The fraction of sp³-hybridized carbons (Fsp3) is 0.174. The van der Waals surface area contributed by atoms with E-state index < -0.39 is 10.8 Å². The highest BCUT2D eigenvalue weighted by molar-refractivity contribution is 7.84. The fourth-order valence-electron chi connectivity index (χ4n) is 3.25. The Labute approximate surface area is 167 Å². The first-order valence-corrected chi connectivity index (χ1v) is 10.6. The number of ether oxygens (including phenoxy) is 1. The summed E-state index contributed by atoms with van der Waals surface area (Å²) in [7, 11) is -1.09. The van der Waals surface area contributed by atoms with Gasteiger partial charge in [0.15, 0.2) is 0 Å². The topological polar surface area (TPSA) is 55.4 Å². The van der Waals surface area contributed by atoms with Crippen molar-refractivity contribution in [2.45, 2.75) is 30.1 Å². The van der Waals surface area contributed by atoms with Crippen LogP contribution in [0.2, 0.25) is 0 Å². The fourth-order valence-corrected chi connectivity index (χ4v) is 4.44. The van der Waals surface area contributed by atoms with Crippen molar-refractivity contribution >= 4 is 22.4 Å². The van der Waals surface area contributed by atoms with Crippen molar-refractivity contribution < 1.29 is 13.7 Å². The van der Waals surface area contributed by atoms with Crippen molar-refractivity contribution in [1.29, 1.82) is 0 Å². The van der Waals surface area contributed by atoms with Gasteiger partial charge in [0.05, 0.1) is 16.6 Å². The van der Waals surface area contributed by atoms with Gasteiger partial charge >= 0.3 is 0 Å². The second-order valence-electron chi connectivity index (χ2n) is 6.73. The molecule has 0 bridgehead atoms. The van der Waals surface area contributed by atoms with Crippen molar-refractivity contribution in [2.75, 3.05) is 5.32 Å². The van der Waals surface area contributed by atoms with Crippen LogP contribution >= 0.6 is 0 Å². The minimum atomic E-state index is -1.09. The van der Waals surface area contributed by atoms with Crippen molar-refractivity contribution in [3.8, 4) is 5.75 Å². The standard InChI is InChI=1S/C23H21NO3S/c25-23-13-10-17-14-20(11-12-22(17)24-23)27-15-18-6-4-5-7-19(18)16-28(26)21-8-2-1-3-9-21/h1-9,11-12,14H,10,13,15-16H2,(H,24,25). The molecule has 0 spiro atoms. The molecule has 0 saturated heterocycles. The summed E-state index contributed by atoms with van der Waals surface area (Å²) in [5, 5.41) is 2.88. The molecule has 4 rings (SSSR count). The maximum Gasteiger partial charge on any atom is 0.224 e. The Bertz CT molecular complexity index is 1020. The van der Waals surface area contributed by atoms with Crippen LogP contribution in [0.25, 0.3) is 0 Å². The molecule has 1 N–H and O–H groups in total. The van der Waals surface area contributed by atoms with Crippen LogP contribution in [0.5, 0.6) is 5.75 Å². The number of amides is 1. The highest BCUT2D eigenvalue weighted by Crippen LogP contribution is 2.27. The van der Waals surface area contributed by atoms with Crippen molar-refractivity contribution in [3.63, 3.8) is 0 Å². The number of hydrogen-bond donors (Lipinski definition) is 1. The molecule has 0 saturated carbocycles. The zero-order chi connectivity index (χ0) is 19.3. The number of rotatable bonds is 6. The first-order chi connectivity index (χ1) is 13.7. The zero-order valence-electron chi connectivity index (χ0n) is 15.4. The molecule has 0 fully saturated rings. The number of aryl methyl sites for hydroxylation is 1. The third-order valence-electron chi connectivity index (χ3n) is 4.78. The average Bonchev–Trinajstić information content (AvgIpc) is 2.73. The Kier molecular flexibility index (Phi) is 5.53. The first-order valence-electron chi connectivity index (χ1n) is 9.25. The Hall–Kier alpha value is -2.92. The molecule has 1 unspecified atom stereocenters. The summed E-state index contributed by atoms with van der Waals surface area (Å²) in [5.74, 6) is 1.29. The van der Waals surface area contributed by atoms with Gasteiger partial charge in [-0.3, -0.25) is 9.00 Å². The predicted octanol–water partition coefficient (Wildman–Crippen LogP) is 4.46. The Morgan fingerprint density at radius 1 is 0.893 bits per heavy atom. The molecule has 1 amide bonds. The molecular formula is C23H21NO3S. The van der Waals surface area contributed by atoms with Crippen molar-refractivity contribution in [3.05, 3.63) is 89.5 Å². The van der Waals surface area contributed by atoms with Gasteiger partial charge in [-0.1, -0.05) is 42.5 Å². The van der Waals surface area contributed by atoms with Gasteiger partial charge in [0.1, 0.15) is 12.4 Å². The molecule has 142 valence electrons. The van der Waals surface area contributed by atoms with E-state index in [0.29, 0.717) is 18.8 Å². The third-order valence-corrected chi connectivity index (χ3v) is 6.15. The number of carbonyl (C=O) groups is 1. The minimum Gasteiger partial charge on any atom is -0.489 e. The lowest BCUT2D eigenvalue weighted by Gasteiger charge is -2.18. The van der Waals surface area contributed by atoms with Crippen LogP contribution in [0.4, 0.5) is 5.69 Å². The second-order valence-corrected chi connectivity index (χ2v) is 8.18. The largest absolute Gasteiger partial charge is 0.489 e. The molecule has 3 aromatic rings. The second kappa shape index (κ2) is 8.40. The Morgan fingerprint density at radius 2 is 1.64 bits per heavy atom. The van der Waals surface area contributed by atoms with Crippen LogP contribution in [0.3, 0.4) is 0 Å². The van der Waals surface area contributed by atoms with Gasteiger partial charge in [-0.05, 0) is 53.4 Å². The van der Waals surface area contributed by atoms with Crippen LogP contribution in [0.15, 0.2) is 77.7 Å². The quantitative estimate of drug-likeness (QED) is 0.675. The summed E-state index contributed by atoms with van der Waals surface area (Å²) in [6, 6.07) is 23.2. The van der Waals surface area contributed by atoms with E-state index in [9.17, 15) is 9.00 Å². The number of benzene rings is 3. The molecule has 4 nitrogen and oxygen atoms in total. The number of carbonyl (C=O) groups excluding carboxylic acids is 1. The lowest BCUT2D eigenvalue weighted by Crippen LogP contribution is -2.18. The minimum absolute atomic E-state index is 0.0570. The van der Waals surface area contributed by atoms with Crippen LogP contribution in [0.1, 0.15) is 23.1 Å². The normalized spacial score (nSPS) is 14.1. The SMILES string of the molecule is O=C1CCc2cc(OCc3ccccc3CS(=O)c3ccccc3)ccc2N1. The van der Waals surface area contributed by atoms with E-state index in [1.807, 2.05) is 72.8 Å². The molecule has 3 aromatic carbocycles. The maximum absolute atomic E-state index is 12.7. The molecule has 5 heteroatoms. The number of anilines is 1. The van der Waals surface area contributed by atoms with E-state index in [4.69, 9.17) is 4.74 Å². The lowest BCUT2D eigenvalue weighted by molar-refractivity contribution is -0.116. The van der Waals surface area contributed by atoms with Gasteiger partial charge in [-0.25, -0.2) is 0 Å². The average molecular weight is 391 g/mol. The van der Waals surface area contributed by atoms with Gasteiger partial charge in [0, 0.05) is 17.0 Å². The number of fused-ring (bicyclic) bond motifs is 1. The summed E-state index contributed by atoms with van der Waals surface area (Å²) in [6.07, 6.45) is 1.23. The lowest BCUT2D eigenvalue weighted by atomic mass is 10.0. The Morgan fingerprint density at radius 3 is 2.46 bits per heavy atom. The molecular weight excluding hydrogens is 370 g/mol. The van der Waals surface area contributed by atoms with Crippen LogP contribution in [-0.2, 0) is 34.4 Å². The molecule has 0 aromatic heterocycles. The van der Waals surface area contributed by atoms with E-state index in [2.05, 4.69) is 5.32 Å². The molecule has 1 heterocycles. The van der Waals surface area contributed by atoms with Gasteiger partial charge in [0.2, 0.25) is 5.91 Å². The monoisotopic (exact) mass is 391 g/mol. The van der Waals surface area contributed by atoms with Crippen LogP contribution < -0.4 is 10.1 Å². The molecule has 1 aliphatic rings. The van der Waals surface area contributed by atoms with E-state index in [0.717, 1.165) is 39.4 Å². The molecule has 0 aliphatic carbocycles. The predicted molar refractivity (Wildman–Crippen MR) is 111 cm³/mol. The van der Waals surface area contributed by atoms with Gasteiger partial charge in [-0.2, -0.15) is 0 Å². The van der Waals surface area contributed by atoms with E-state index in [1.165, 1.54) is 0 Å². The summed E-state index contributed by atoms with van der Waals surface area (Å²) in [5.41, 5.74) is 4.01. The van der Waals surface area contributed by atoms with Gasteiger partial charge < -0.3 is 10.1 Å². The summed E-state index contributed by atoms with van der Waals surface area (Å²) < 4.78 is 18.7. The third kappa shape index (κ3) is 4.31. The molecule has 0 radical (unpaired) electrons. The van der Waals surface area contributed by atoms with Gasteiger partial charge in [-0.15, -0.1) is 0 Å². The van der Waals surface area contributed by atoms with Crippen molar-refractivity contribution in [2.24, 2.45) is 0 Å². The highest BCUT2D eigenvalue weighted by atomic mass is 32.2. The van der Waals surface area contributed by atoms with E-state index >= 15 is 0 Å². The van der Waals surface area contributed by atoms with Crippen LogP contribution in [0, 0.1) is 0 Å². The maximum atomic E-state index is 12.7. The molecule has 1 atom stereocenters. The summed E-state index contributed by atoms with van der Waals surface area (Å²) in [4.78, 5) is 12.3. The van der Waals surface area contributed by atoms with Crippen LogP contribution in [-0.4, -0.2) is 10.1 Å².